The highest BCUT2D eigenvalue weighted by atomic mass is 79.9. The van der Waals surface area contributed by atoms with E-state index in [2.05, 4.69) is 31.0 Å². The fourth-order valence-electron chi connectivity index (χ4n) is 2.65. The van der Waals surface area contributed by atoms with E-state index in [0.29, 0.717) is 0 Å². The molecule has 0 radical (unpaired) electrons. The molecule has 0 saturated carbocycles. The molecule has 1 aromatic carbocycles. The van der Waals surface area contributed by atoms with E-state index in [0.717, 1.165) is 47.0 Å². The van der Waals surface area contributed by atoms with Gasteiger partial charge < -0.3 is 10.6 Å². The Kier molecular flexibility index (Phi) is 3.56. The summed E-state index contributed by atoms with van der Waals surface area (Å²) in [4.78, 5) is 13.4. The highest BCUT2D eigenvalue weighted by molar-refractivity contribution is 9.10. The van der Waals surface area contributed by atoms with Crippen molar-refractivity contribution in [3.63, 3.8) is 0 Å². The molecule has 1 fully saturated rings. The number of carbonyl (C=O) groups excluding carboxylic acids is 1. The largest absolute Gasteiger partial charge is 0.369 e. The second-order valence-corrected chi connectivity index (χ2v) is 5.98. The molecule has 20 heavy (non-hydrogen) atoms. The minimum atomic E-state index is -0.197. The normalized spacial score (nSPS) is 16.6. The molecule has 0 bridgehead atoms. The SMILES string of the molecule is NC(=O)C1CCN(c2nncc3cc(Br)ccc23)CC1. The van der Waals surface area contributed by atoms with Crippen LogP contribution in [-0.4, -0.2) is 29.2 Å². The standard InChI is InChI=1S/C14H15BrN4O/c15-11-1-2-12-10(7-11)8-17-18-14(12)19-5-3-9(4-6-19)13(16)20/h1-2,7-9H,3-6H2,(H2,16,20). The maximum absolute atomic E-state index is 11.2. The van der Waals surface area contributed by atoms with Gasteiger partial charge in [-0.2, -0.15) is 5.10 Å². The molecular formula is C14H15BrN4O. The van der Waals surface area contributed by atoms with Crippen molar-refractivity contribution < 1.29 is 4.79 Å². The van der Waals surface area contributed by atoms with Crippen LogP contribution < -0.4 is 10.6 Å². The van der Waals surface area contributed by atoms with Crippen LogP contribution in [0, 0.1) is 5.92 Å². The van der Waals surface area contributed by atoms with Crippen molar-refractivity contribution in [3.8, 4) is 0 Å². The summed E-state index contributed by atoms with van der Waals surface area (Å²) in [5, 5.41) is 10.5. The van der Waals surface area contributed by atoms with E-state index in [4.69, 9.17) is 5.73 Å². The zero-order chi connectivity index (χ0) is 14.1. The van der Waals surface area contributed by atoms with Crippen LogP contribution in [0.3, 0.4) is 0 Å². The molecule has 1 saturated heterocycles. The molecule has 0 spiro atoms. The molecule has 1 aliphatic heterocycles. The number of hydrogen-bond donors (Lipinski definition) is 1. The molecule has 2 heterocycles. The summed E-state index contributed by atoms with van der Waals surface area (Å²) < 4.78 is 1.02. The summed E-state index contributed by atoms with van der Waals surface area (Å²) in [5.74, 6) is 0.679. The Morgan fingerprint density at radius 2 is 2.10 bits per heavy atom. The molecule has 0 unspecified atom stereocenters. The van der Waals surface area contributed by atoms with Gasteiger partial charge in [0.25, 0.3) is 0 Å². The van der Waals surface area contributed by atoms with Gasteiger partial charge in [0.15, 0.2) is 5.82 Å². The first-order valence-corrected chi connectivity index (χ1v) is 7.39. The summed E-state index contributed by atoms with van der Waals surface area (Å²) in [6.45, 7) is 1.58. The molecule has 0 aliphatic carbocycles. The summed E-state index contributed by atoms with van der Waals surface area (Å²) in [6, 6.07) is 6.08. The minimum Gasteiger partial charge on any atom is -0.369 e. The Balaban J connectivity index is 1.90. The zero-order valence-electron chi connectivity index (χ0n) is 10.9. The van der Waals surface area contributed by atoms with Crippen molar-refractivity contribution in [1.82, 2.24) is 10.2 Å². The van der Waals surface area contributed by atoms with Crippen LogP contribution in [0.5, 0.6) is 0 Å². The fraction of sp³-hybridized carbons (Fsp3) is 0.357. The molecule has 5 nitrogen and oxygen atoms in total. The Bertz CT molecular complexity index is 653. The summed E-state index contributed by atoms with van der Waals surface area (Å²) >= 11 is 3.46. The van der Waals surface area contributed by atoms with Gasteiger partial charge >= 0.3 is 0 Å². The smallest absolute Gasteiger partial charge is 0.220 e. The number of aromatic nitrogens is 2. The molecule has 1 amide bonds. The Morgan fingerprint density at radius 3 is 2.80 bits per heavy atom. The number of halogens is 1. The van der Waals surface area contributed by atoms with Gasteiger partial charge in [0.1, 0.15) is 0 Å². The van der Waals surface area contributed by atoms with E-state index in [9.17, 15) is 4.79 Å². The van der Waals surface area contributed by atoms with Crippen molar-refractivity contribution in [2.45, 2.75) is 12.8 Å². The number of benzene rings is 1. The summed E-state index contributed by atoms with van der Waals surface area (Å²) in [7, 11) is 0. The second kappa shape index (κ2) is 5.36. The van der Waals surface area contributed by atoms with Crippen LogP contribution in [-0.2, 0) is 4.79 Å². The number of amides is 1. The lowest BCUT2D eigenvalue weighted by molar-refractivity contribution is -0.122. The van der Waals surface area contributed by atoms with Crippen molar-refractivity contribution in [2.75, 3.05) is 18.0 Å². The molecule has 2 N–H and O–H groups in total. The Morgan fingerprint density at radius 1 is 1.35 bits per heavy atom. The molecule has 104 valence electrons. The van der Waals surface area contributed by atoms with Gasteiger partial charge in [0.2, 0.25) is 5.91 Å². The van der Waals surface area contributed by atoms with Crippen LogP contribution in [0.2, 0.25) is 0 Å². The third kappa shape index (κ3) is 2.47. The number of rotatable bonds is 2. The maximum atomic E-state index is 11.2. The Hall–Kier alpha value is -1.69. The second-order valence-electron chi connectivity index (χ2n) is 5.06. The molecule has 0 atom stereocenters. The van der Waals surface area contributed by atoms with E-state index in [1.165, 1.54) is 0 Å². The molecule has 3 rings (SSSR count). The predicted octanol–water partition coefficient (Wildman–Crippen LogP) is 2.09. The monoisotopic (exact) mass is 334 g/mol. The van der Waals surface area contributed by atoms with E-state index in [1.807, 2.05) is 18.2 Å². The van der Waals surface area contributed by atoms with E-state index >= 15 is 0 Å². The van der Waals surface area contributed by atoms with Crippen molar-refractivity contribution in [1.29, 1.82) is 0 Å². The van der Waals surface area contributed by atoms with Gasteiger partial charge in [-0.1, -0.05) is 15.9 Å². The molecule has 1 aliphatic rings. The summed E-state index contributed by atoms with van der Waals surface area (Å²) in [6.07, 6.45) is 3.33. The van der Waals surface area contributed by atoms with Crippen LogP contribution in [0.1, 0.15) is 12.8 Å². The van der Waals surface area contributed by atoms with Crippen LogP contribution in [0.4, 0.5) is 5.82 Å². The average molecular weight is 335 g/mol. The predicted molar refractivity (Wildman–Crippen MR) is 81.4 cm³/mol. The van der Waals surface area contributed by atoms with Gasteiger partial charge in [-0.05, 0) is 31.0 Å². The van der Waals surface area contributed by atoms with E-state index < -0.39 is 0 Å². The lowest BCUT2D eigenvalue weighted by Crippen LogP contribution is -2.39. The topological polar surface area (TPSA) is 72.1 Å². The van der Waals surface area contributed by atoms with E-state index in [-0.39, 0.29) is 11.8 Å². The number of fused-ring (bicyclic) bond motifs is 1. The number of nitrogens with two attached hydrogens (primary N) is 1. The average Bonchev–Trinajstić information content (AvgIpc) is 2.46. The maximum Gasteiger partial charge on any atom is 0.220 e. The Labute approximate surface area is 125 Å². The zero-order valence-corrected chi connectivity index (χ0v) is 12.5. The number of primary amides is 1. The highest BCUT2D eigenvalue weighted by Gasteiger charge is 2.24. The highest BCUT2D eigenvalue weighted by Crippen LogP contribution is 2.29. The van der Waals surface area contributed by atoms with E-state index in [1.54, 1.807) is 6.20 Å². The van der Waals surface area contributed by atoms with Gasteiger partial charge in [-0.3, -0.25) is 4.79 Å². The van der Waals surface area contributed by atoms with Crippen molar-refractivity contribution in [3.05, 3.63) is 28.9 Å². The fourth-order valence-corrected chi connectivity index (χ4v) is 3.03. The third-order valence-electron chi connectivity index (χ3n) is 3.80. The van der Waals surface area contributed by atoms with Crippen LogP contribution in [0.15, 0.2) is 28.9 Å². The number of nitrogens with zero attached hydrogens (tertiary/aromatic N) is 3. The van der Waals surface area contributed by atoms with Crippen LogP contribution in [0.25, 0.3) is 10.8 Å². The minimum absolute atomic E-state index is 0.0108. The van der Waals surface area contributed by atoms with Gasteiger partial charge in [-0.25, -0.2) is 0 Å². The first kappa shape index (κ1) is 13.3. The van der Waals surface area contributed by atoms with Gasteiger partial charge in [0, 0.05) is 34.3 Å². The van der Waals surface area contributed by atoms with Crippen molar-refractivity contribution >= 4 is 38.4 Å². The summed E-state index contributed by atoms with van der Waals surface area (Å²) in [5.41, 5.74) is 5.37. The lowest BCUT2D eigenvalue weighted by Gasteiger charge is -2.31. The number of anilines is 1. The lowest BCUT2D eigenvalue weighted by atomic mass is 9.96. The molecular weight excluding hydrogens is 320 g/mol. The molecule has 2 aromatic rings. The van der Waals surface area contributed by atoms with Crippen molar-refractivity contribution in [2.24, 2.45) is 11.7 Å². The molecule has 6 heteroatoms. The molecule has 1 aromatic heterocycles. The third-order valence-corrected chi connectivity index (χ3v) is 4.29. The van der Waals surface area contributed by atoms with Gasteiger partial charge in [0.05, 0.1) is 6.20 Å². The first-order valence-electron chi connectivity index (χ1n) is 6.60. The quantitative estimate of drug-likeness (QED) is 0.912. The number of piperidine rings is 1. The van der Waals surface area contributed by atoms with Gasteiger partial charge in [-0.15, -0.1) is 5.10 Å². The van der Waals surface area contributed by atoms with Crippen LogP contribution >= 0.6 is 15.9 Å². The number of carbonyl (C=O) groups is 1. The first-order chi connectivity index (χ1) is 9.65. The number of hydrogen-bond acceptors (Lipinski definition) is 4.